The van der Waals surface area contributed by atoms with E-state index in [2.05, 4.69) is 21.2 Å². The Bertz CT molecular complexity index is 528. The Morgan fingerprint density at radius 2 is 2.00 bits per heavy atom. The standard InChI is InChI=1S/C13H16BrN3O3/c14-10-3-1-2-9(12(18)19)11(10)16-13(20)17-6-4-8(15)5-7-17/h1-3,8H,4-7,15H2,(H,16,20)(H,18,19). The number of halogens is 1. The molecule has 2 amide bonds. The van der Waals surface area contributed by atoms with Crippen molar-refractivity contribution in [2.45, 2.75) is 18.9 Å². The summed E-state index contributed by atoms with van der Waals surface area (Å²) in [6.45, 7) is 1.17. The number of para-hydroxylation sites is 1. The molecule has 20 heavy (non-hydrogen) atoms. The molecule has 0 radical (unpaired) electrons. The second-order valence-corrected chi connectivity index (χ2v) is 5.58. The predicted octanol–water partition coefficient (Wildman–Crippen LogP) is 2.10. The number of hydrogen-bond acceptors (Lipinski definition) is 3. The fourth-order valence-corrected chi connectivity index (χ4v) is 2.58. The van der Waals surface area contributed by atoms with Crippen molar-refractivity contribution in [1.82, 2.24) is 4.90 Å². The summed E-state index contributed by atoms with van der Waals surface area (Å²) < 4.78 is 0.541. The lowest BCUT2D eigenvalue weighted by Gasteiger charge is -2.30. The largest absolute Gasteiger partial charge is 0.478 e. The number of piperidine rings is 1. The lowest BCUT2D eigenvalue weighted by atomic mass is 10.1. The second-order valence-electron chi connectivity index (χ2n) is 4.72. The molecule has 0 spiro atoms. The van der Waals surface area contributed by atoms with E-state index < -0.39 is 5.97 Å². The lowest BCUT2D eigenvalue weighted by molar-refractivity contribution is 0.0698. The number of urea groups is 1. The van der Waals surface area contributed by atoms with Gasteiger partial charge >= 0.3 is 12.0 Å². The normalized spacial score (nSPS) is 16.0. The maximum atomic E-state index is 12.2. The van der Waals surface area contributed by atoms with Crippen molar-refractivity contribution in [3.05, 3.63) is 28.2 Å². The average Bonchev–Trinajstić information content (AvgIpc) is 2.41. The van der Waals surface area contributed by atoms with E-state index >= 15 is 0 Å². The SMILES string of the molecule is NC1CCN(C(=O)Nc2c(Br)cccc2C(=O)O)CC1. The van der Waals surface area contributed by atoms with Crippen LogP contribution in [0.2, 0.25) is 0 Å². The first-order valence-electron chi connectivity index (χ1n) is 6.32. The van der Waals surface area contributed by atoms with Crippen LogP contribution in [0.25, 0.3) is 0 Å². The third kappa shape index (κ3) is 3.29. The van der Waals surface area contributed by atoms with Crippen LogP contribution in [-0.4, -0.2) is 41.1 Å². The summed E-state index contributed by atoms with van der Waals surface area (Å²) in [5.74, 6) is -1.08. The van der Waals surface area contributed by atoms with Gasteiger partial charge in [0.2, 0.25) is 0 Å². The van der Waals surface area contributed by atoms with E-state index in [9.17, 15) is 9.59 Å². The van der Waals surface area contributed by atoms with Crippen LogP contribution in [0.4, 0.5) is 10.5 Å². The second kappa shape index (κ2) is 6.23. The maximum Gasteiger partial charge on any atom is 0.337 e. The number of aromatic carboxylic acids is 1. The molecule has 6 nitrogen and oxygen atoms in total. The zero-order valence-corrected chi connectivity index (χ0v) is 12.4. The van der Waals surface area contributed by atoms with Gasteiger partial charge in [0.05, 0.1) is 11.3 Å². The number of amides is 2. The Hall–Kier alpha value is -1.60. The van der Waals surface area contributed by atoms with Crippen molar-refractivity contribution in [3.63, 3.8) is 0 Å². The molecule has 0 saturated carbocycles. The zero-order valence-electron chi connectivity index (χ0n) is 10.8. The molecule has 1 saturated heterocycles. The molecule has 2 rings (SSSR count). The minimum Gasteiger partial charge on any atom is -0.478 e. The van der Waals surface area contributed by atoms with E-state index in [-0.39, 0.29) is 23.3 Å². The lowest BCUT2D eigenvalue weighted by Crippen LogP contribution is -2.44. The van der Waals surface area contributed by atoms with Gasteiger partial charge in [-0.3, -0.25) is 0 Å². The molecule has 7 heteroatoms. The highest BCUT2D eigenvalue weighted by Crippen LogP contribution is 2.27. The molecule has 1 heterocycles. The molecular weight excluding hydrogens is 326 g/mol. The Morgan fingerprint density at radius 3 is 2.60 bits per heavy atom. The molecule has 0 aromatic heterocycles. The fourth-order valence-electron chi connectivity index (χ4n) is 2.12. The summed E-state index contributed by atoms with van der Waals surface area (Å²) in [4.78, 5) is 25.0. The minimum absolute atomic E-state index is 0.0569. The molecule has 1 aromatic carbocycles. The van der Waals surface area contributed by atoms with Gasteiger partial charge in [-0.25, -0.2) is 9.59 Å². The predicted molar refractivity (Wildman–Crippen MR) is 78.9 cm³/mol. The Morgan fingerprint density at radius 1 is 1.35 bits per heavy atom. The minimum atomic E-state index is -1.08. The Kier molecular flexibility index (Phi) is 4.61. The third-order valence-corrected chi connectivity index (χ3v) is 3.96. The number of carboxylic acid groups (broad SMARTS) is 1. The number of nitrogens with zero attached hydrogens (tertiary/aromatic N) is 1. The monoisotopic (exact) mass is 341 g/mol. The van der Waals surface area contributed by atoms with E-state index in [0.29, 0.717) is 17.6 Å². The van der Waals surface area contributed by atoms with Crippen molar-refractivity contribution < 1.29 is 14.7 Å². The fraction of sp³-hybridized carbons (Fsp3) is 0.385. The highest BCUT2D eigenvalue weighted by Gasteiger charge is 2.22. The highest BCUT2D eigenvalue weighted by atomic mass is 79.9. The number of carboxylic acids is 1. The number of nitrogens with one attached hydrogen (secondary N) is 1. The van der Waals surface area contributed by atoms with Gasteiger partial charge in [0.25, 0.3) is 0 Å². The van der Waals surface area contributed by atoms with Crippen molar-refractivity contribution >= 4 is 33.6 Å². The number of carbonyl (C=O) groups is 2. The van der Waals surface area contributed by atoms with Gasteiger partial charge in [0.1, 0.15) is 0 Å². The number of hydrogen-bond donors (Lipinski definition) is 3. The molecule has 1 aliphatic rings. The molecular formula is C13H16BrN3O3. The topological polar surface area (TPSA) is 95.7 Å². The van der Waals surface area contributed by atoms with Crippen LogP contribution in [0.5, 0.6) is 0 Å². The summed E-state index contributed by atoms with van der Waals surface area (Å²) >= 11 is 3.26. The number of nitrogens with two attached hydrogens (primary N) is 1. The number of rotatable bonds is 2. The summed E-state index contributed by atoms with van der Waals surface area (Å²) in [7, 11) is 0. The molecule has 108 valence electrons. The van der Waals surface area contributed by atoms with E-state index in [1.54, 1.807) is 17.0 Å². The number of likely N-dealkylation sites (tertiary alicyclic amines) is 1. The van der Waals surface area contributed by atoms with Gasteiger partial charge in [-0.1, -0.05) is 6.07 Å². The molecule has 0 unspecified atom stereocenters. The molecule has 0 atom stereocenters. The van der Waals surface area contributed by atoms with E-state index in [0.717, 1.165) is 12.8 Å². The van der Waals surface area contributed by atoms with Crippen LogP contribution < -0.4 is 11.1 Å². The van der Waals surface area contributed by atoms with Crippen LogP contribution >= 0.6 is 15.9 Å². The molecule has 0 bridgehead atoms. The zero-order chi connectivity index (χ0) is 14.7. The van der Waals surface area contributed by atoms with E-state index in [4.69, 9.17) is 10.8 Å². The highest BCUT2D eigenvalue weighted by molar-refractivity contribution is 9.10. The molecule has 4 N–H and O–H groups in total. The van der Waals surface area contributed by atoms with E-state index in [1.165, 1.54) is 6.07 Å². The molecule has 1 fully saturated rings. The van der Waals surface area contributed by atoms with Crippen LogP contribution in [0.1, 0.15) is 23.2 Å². The van der Waals surface area contributed by atoms with Gasteiger partial charge in [-0.05, 0) is 40.9 Å². The van der Waals surface area contributed by atoms with Crippen molar-refractivity contribution in [3.8, 4) is 0 Å². The van der Waals surface area contributed by atoms with Crippen molar-refractivity contribution in [1.29, 1.82) is 0 Å². The van der Waals surface area contributed by atoms with Gasteiger partial charge in [0.15, 0.2) is 0 Å². The molecule has 1 aliphatic heterocycles. The number of benzene rings is 1. The Balaban J connectivity index is 2.13. The quantitative estimate of drug-likeness (QED) is 0.767. The Labute approximate surface area is 125 Å². The maximum absolute atomic E-state index is 12.2. The average molecular weight is 342 g/mol. The summed E-state index contributed by atoms with van der Waals surface area (Å²) in [5, 5.41) is 11.8. The summed E-state index contributed by atoms with van der Waals surface area (Å²) in [5.41, 5.74) is 6.13. The first-order chi connectivity index (χ1) is 9.49. The van der Waals surface area contributed by atoms with Crippen LogP contribution in [0, 0.1) is 0 Å². The van der Waals surface area contributed by atoms with Crippen LogP contribution in [-0.2, 0) is 0 Å². The first-order valence-corrected chi connectivity index (χ1v) is 7.11. The smallest absolute Gasteiger partial charge is 0.337 e. The molecule has 0 aliphatic carbocycles. The first kappa shape index (κ1) is 14.8. The van der Waals surface area contributed by atoms with Crippen molar-refractivity contribution in [2.75, 3.05) is 18.4 Å². The van der Waals surface area contributed by atoms with E-state index in [1.807, 2.05) is 0 Å². The van der Waals surface area contributed by atoms with Crippen LogP contribution in [0.3, 0.4) is 0 Å². The van der Waals surface area contributed by atoms with Gasteiger partial charge in [-0.15, -0.1) is 0 Å². The molecule has 1 aromatic rings. The van der Waals surface area contributed by atoms with Gasteiger partial charge < -0.3 is 21.1 Å². The number of anilines is 1. The van der Waals surface area contributed by atoms with Crippen LogP contribution in [0.15, 0.2) is 22.7 Å². The van der Waals surface area contributed by atoms with Crippen molar-refractivity contribution in [2.24, 2.45) is 5.73 Å². The van der Waals surface area contributed by atoms with Gasteiger partial charge in [-0.2, -0.15) is 0 Å². The third-order valence-electron chi connectivity index (χ3n) is 3.30. The number of carbonyl (C=O) groups excluding carboxylic acids is 1. The summed E-state index contributed by atoms with van der Waals surface area (Å²) in [6, 6.07) is 4.59. The van der Waals surface area contributed by atoms with Gasteiger partial charge in [0, 0.05) is 23.6 Å². The summed E-state index contributed by atoms with van der Waals surface area (Å²) in [6.07, 6.45) is 1.52.